The molecule has 0 aliphatic heterocycles. The Kier molecular flexibility index (Phi) is 5.65. The molecule has 0 spiro atoms. The molecule has 0 aliphatic carbocycles. The SMILES string of the molecule is COC(=O)c1ccc(Cl)c(NC(=O)c2ccc(OC)c(OC)c2)c1. The molecule has 2 rings (SSSR count). The standard InChI is InChI=1S/C17H16ClNO5/c1-22-14-7-5-10(9-15(14)23-2)16(20)19-13-8-11(17(21)24-3)4-6-12(13)18/h4-9H,1-3H3,(H,19,20). The quantitative estimate of drug-likeness (QED) is 0.837. The van der Waals surface area contributed by atoms with Gasteiger partial charge in [-0.25, -0.2) is 4.79 Å². The van der Waals surface area contributed by atoms with Crippen molar-refractivity contribution in [1.29, 1.82) is 0 Å². The first-order valence-corrected chi connectivity index (χ1v) is 7.29. The van der Waals surface area contributed by atoms with E-state index in [2.05, 4.69) is 10.1 Å². The van der Waals surface area contributed by atoms with E-state index >= 15 is 0 Å². The van der Waals surface area contributed by atoms with E-state index in [9.17, 15) is 9.59 Å². The largest absolute Gasteiger partial charge is 0.493 e. The van der Waals surface area contributed by atoms with Crippen LogP contribution >= 0.6 is 11.6 Å². The summed E-state index contributed by atoms with van der Waals surface area (Å²) < 4.78 is 15.0. The molecule has 2 aromatic carbocycles. The number of hydrogen-bond donors (Lipinski definition) is 1. The average Bonchev–Trinajstić information content (AvgIpc) is 2.62. The van der Waals surface area contributed by atoms with Crippen molar-refractivity contribution in [3.8, 4) is 11.5 Å². The van der Waals surface area contributed by atoms with Gasteiger partial charge in [0.15, 0.2) is 11.5 Å². The number of amides is 1. The molecule has 0 saturated carbocycles. The van der Waals surface area contributed by atoms with Crippen LogP contribution in [0.3, 0.4) is 0 Å². The Morgan fingerprint density at radius 2 is 1.58 bits per heavy atom. The van der Waals surface area contributed by atoms with E-state index in [0.29, 0.717) is 27.8 Å². The number of carbonyl (C=O) groups is 2. The zero-order chi connectivity index (χ0) is 17.7. The van der Waals surface area contributed by atoms with Crippen molar-refractivity contribution in [3.05, 3.63) is 52.5 Å². The molecule has 0 unspecified atom stereocenters. The lowest BCUT2D eigenvalue weighted by Crippen LogP contribution is -2.13. The number of esters is 1. The van der Waals surface area contributed by atoms with Crippen LogP contribution in [0.4, 0.5) is 5.69 Å². The highest BCUT2D eigenvalue weighted by molar-refractivity contribution is 6.34. The van der Waals surface area contributed by atoms with Crippen LogP contribution < -0.4 is 14.8 Å². The van der Waals surface area contributed by atoms with Crippen LogP contribution in [0.15, 0.2) is 36.4 Å². The summed E-state index contributed by atoms with van der Waals surface area (Å²) in [6.45, 7) is 0. The molecule has 24 heavy (non-hydrogen) atoms. The Morgan fingerprint density at radius 1 is 0.917 bits per heavy atom. The van der Waals surface area contributed by atoms with Gasteiger partial charge in [0.25, 0.3) is 5.91 Å². The maximum atomic E-state index is 12.4. The molecule has 7 heteroatoms. The summed E-state index contributed by atoms with van der Waals surface area (Å²) in [6.07, 6.45) is 0. The fourth-order valence-electron chi connectivity index (χ4n) is 2.04. The van der Waals surface area contributed by atoms with Crippen molar-refractivity contribution in [2.45, 2.75) is 0 Å². The molecule has 0 atom stereocenters. The van der Waals surface area contributed by atoms with Crippen molar-refractivity contribution in [1.82, 2.24) is 0 Å². The van der Waals surface area contributed by atoms with Gasteiger partial charge in [0.05, 0.1) is 37.6 Å². The molecule has 0 fully saturated rings. The Morgan fingerprint density at radius 3 is 2.21 bits per heavy atom. The van der Waals surface area contributed by atoms with Crippen LogP contribution in [0, 0.1) is 0 Å². The first-order valence-electron chi connectivity index (χ1n) is 6.91. The highest BCUT2D eigenvalue weighted by Gasteiger charge is 2.14. The molecule has 2 aromatic rings. The second-order valence-electron chi connectivity index (χ2n) is 4.71. The number of hydrogen-bond acceptors (Lipinski definition) is 5. The van der Waals surface area contributed by atoms with Crippen LogP contribution in [0.2, 0.25) is 5.02 Å². The summed E-state index contributed by atoms with van der Waals surface area (Å²) in [5.74, 6) is 0.0208. The van der Waals surface area contributed by atoms with Crippen LogP contribution in [-0.2, 0) is 4.74 Å². The van der Waals surface area contributed by atoms with E-state index in [0.717, 1.165) is 0 Å². The summed E-state index contributed by atoms with van der Waals surface area (Å²) >= 11 is 6.07. The third kappa shape index (κ3) is 3.78. The van der Waals surface area contributed by atoms with Gasteiger partial charge < -0.3 is 19.5 Å². The van der Waals surface area contributed by atoms with Crippen molar-refractivity contribution in [2.75, 3.05) is 26.6 Å². The Labute approximate surface area is 144 Å². The maximum absolute atomic E-state index is 12.4. The summed E-state index contributed by atoms with van der Waals surface area (Å²) in [6, 6.07) is 9.24. The monoisotopic (exact) mass is 349 g/mol. The smallest absolute Gasteiger partial charge is 0.337 e. The fourth-order valence-corrected chi connectivity index (χ4v) is 2.20. The van der Waals surface area contributed by atoms with Gasteiger partial charge in [0.2, 0.25) is 0 Å². The lowest BCUT2D eigenvalue weighted by molar-refractivity contribution is 0.0600. The highest BCUT2D eigenvalue weighted by Crippen LogP contribution is 2.29. The molecule has 0 saturated heterocycles. The minimum absolute atomic E-state index is 0.282. The van der Waals surface area contributed by atoms with Crippen molar-refractivity contribution >= 4 is 29.2 Å². The number of anilines is 1. The Hall–Kier alpha value is -2.73. The Bertz CT molecular complexity index is 776. The second-order valence-corrected chi connectivity index (χ2v) is 5.12. The van der Waals surface area contributed by atoms with Gasteiger partial charge in [-0.05, 0) is 36.4 Å². The Balaban J connectivity index is 2.28. The number of ether oxygens (including phenoxy) is 3. The van der Waals surface area contributed by atoms with Crippen LogP contribution in [0.25, 0.3) is 0 Å². The predicted molar refractivity (Wildman–Crippen MR) is 90.3 cm³/mol. The minimum Gasteiger partial charge on any atom is -0.493 e. The van der Waals surface area contributed by atoms with Gasteiger partial charge in [0.1, 0.15) is 0 Å². The molecule has 1 amide bonds. The first kappa shape index (κ1) is 17.6. The molecule has 1 N–H and O–H groups in total. The second kappa shape index (κ2) is 7.70. The number of carbonyl (C=O) groups excluding carboxylic acids is 2. The summed E-state index contributed by atoms with van der Waals surface area (Å²) in [4.78, 5) is 24.0. The molecule has 0 aliphatic rings. The zero-order valence-electron chi connectivity index (χ0n) is 13.4. The number of benzene rings is 2. The van der Waals surface area contributed by atoms with E-state index in [1.165, 1.54) is 39.5 Å². The van der Waals surface area contributed by atoms with E-state index in [4.69, 9.17) is 21.1 Å². The number of rotatable bonds is 5. The molecule has 0 heterocycles. The number of methoxy groups -OCH3 is 3. The van der Waals surface area contributed by atoms with Crippen LogP contribution in [0.1, 0.15) is 20.7 Å². The highest BCUT2D eigenvalue weighted by atomic mass is 35.5. The third-order valence-electron chi connectivity index (χ3n) is 3.28. The molecule has 6 nitrogen and oxygen atoms in total. The van der Waals surface area contributed by atoms with Crippen LogP contribution in [0.5, 0.6) is 11.5 Å². The van der Waals surface area contributed by atoms with E-state index in [1.807, 2.05) is 0 Å². The predicted octanol–water partition coefficient (Wildman–Crippen LogP) is 3.40. The number of nitrogens with one attached hydrogen (secondary N) is 1. The average molecular weight is 350 g/mol. The topological polar surface area (TPSA) is 73.9 Å². The van der Waals surface area contributed by atoms with Crippen molar-refractivity contribution < 1.29 is 23.8 Å². The number of halogens is 1. The summed E-state index contributed by atoms with van der Waals surface area (Å²) in [5, 5.41) is 2.96. The lowest BCUT2D eigenvalue weighted by atomic mass is 10.1. The lowest BCUT2D eigenvalue weighted by Gasteiger charge is -2.11. The normalized spacial score (nSPS) is 10.0. The maximum Gasteiger partial charge on any atom is 0.337 e. The first-order chi connectivity index (χ1) is 11.5. The summed E-state index contributed by atoms with van der Waals surface area (Å²) in [7, 11) is 4.27. The zero-order valence-corrected chi connectivity index (χ0v) is 14.1. The molecular weight excluding hydrogens is 334 g/mol. The molecule has 0 radical (unpaired) electrons. The van der Waals surface area contributed by atoms with Gasteiger partial charge in [-0.1, -0.05) is 11.6 Å². The summed E-state index contributed by atoms with van der Waals surface area (Å²) in [5.41, 5.74) is 0.941. The molecule has 0 bridgehead atoms. The minimum atomic E-state index is -0.520. The van der Waals surface area contributed by atoms with E-state index in [1.54, 1.807) is 18.2 Å². The van der Waals surface area contributed by atoms with Crippen LogP contribution in [-0.4, -0.2) is 33.2 Å². The molecule has 0 aromatic heterocycles. The van der Waals surface area contributed by atoms with E-state index < -0.39 is 11.9 Å². The molecule has 126 valence electrons. The molecular formula is C17H16ClNO5. The van der Waals surface area contributed by atoms with Gasteiger partial charge >= 0.3 is 5.97 Å². The van der Waals surface area contributed by atoms with Gasteiger partial charge in [-0.15, -0.1) is 0 Å². The van der Waals surface area contributed by atoms with Crippen molar-refractivity contribution in [3.63, 3.8) is 0 Å². The van der Waals surface area contributed by atoms with Gasteiger partial charge in [-0.3, -0.25) is 4.79 Å². The third-order valence-corrected chi connectivity index (χ3v) is 3.61. The van der Waals surface area contributed by atoms with Gasteiger partial charge in [0, 0.05) is 5.56 Å². The van der Waals surface area contributed by atoms with Crippen molar-refractivity contribution in [2.24, 2.45) is 0 Å². The van der Waals surface area contributed by atoms with E-state index in [-0.39, 0.29) is 5.56 Å². The fraction of sp³-hybridized carbons (Fsp3) is 0.176. The van der Waals surface area contributed by atoms with Gasteiger partial charge in [-0.2, -0.15) is 0 Å².